The summed E-state index contributed by atoms with van der Waals surface area (Å²) in [5.41, 5.74) is 0.349. The first-order valence-electron chi connectivity index (χ1n) is 4.59. The highest BCUT2D eigenvalue weighted by atomic mass is 32.2. The third-order valence-electron chi connectivity index (χ3n) is 1.74. The Morgan fingerprint density at radius 1 is 1.35 bits per heavy atom. The Bertz CT molecular complexity index is 483. The van der Waals surface area contributed by atoms with Crippen molar-refractivity contribution in [1.29, 1.82) is 0 Å². The minimum atomic E-state index is -3.55. The Kier molecular flexibility index (Phi) is 4.30. The molecule has 1 rings (SSSR count). The molecule has 0 saturated carbocycles. The van der Waals surface area contributed by atoms with E-state index in [4.69, 9.17) is 9.84 Å². The molecule has 0 unspecified atom stereocenters. The number of ether oxygens (including phenoxy) is 1. The van der Waals surface area contributed by atoms with E-state index in [-0.39, 0.29) is 0 Å². The average Bonchev–Trinajstić information content (AvgIpc) is 2.28. The van der Waals surface area contributed by atoms with Crippen LogP contribution in [0.5, 0.6) is 5.75 Å². The number of rotatable bonds is 6. The van der Waals surface area contributed by atoms with Gasteiger partial charge in [0.25, 0.3) is 10.2 Å². The molecule has 0 heterocycles. The quantitative estimate of drug-likeness (QED) is 0.669. The molecule has 3 N–H and O–H groups in total. The lowest BCUT2D eigenvalue weighted by Crippen LogP contribution is -2.26. The molecule has 0 aromatic heterocycles. The number of anilines is 1. The fourth-order valence-corrected chi connectivity index (χ4v) is 1.52. The third-order valence-corrected chi connectivity index (χ3v) is 2.78. The molecule has 17 heavy (non-hydrogen) atoms. The van der Waals surface area contributed by atoms with Crippen molar-refractivity contribution in [3.8, 4) is 5.75 Å². The fraction of sp³-hybridized carbons (Fsp3) is 0.222. The maximum Gasteiger partial charge on any atom is 0.341 e. The van der Waals surface area contributed by atoms with E-state index in [1.165, 1.54) is 31.3 Å². The van der Waals surface area contributed by atoms with Gasteiger partial charge in [0.15, 0.2) is 6.61 Å². The van der Waals surface area contributed by atoms with E-state index in [1.54, 1.807) is 0 Å². The van der Waals surface area contributed by atoms with E-state index >= 15 is 0 Å². The summed E-state index contributed by atoms with van der Waals surface area (Å²) in [6.07, 6.45) is 0. The molecule has 0 atom stereocenters. The van der Waals surface area contributed by atoms with Crippen LogP contribution in [0.15, 0.2) is 24.3 Å². The van der Waals surface area contributed by atoms with Crippen molar-refractivity contribution in [1.82, 2.24) is 4.72 Å². The number of benzene rings is 1. The van der Waals surface area contributed by atoms with Gasteiger partial charge in [-0.1, -0.05) is 0 Å². The molecule has 94 valence electrons. The van der Waals surface area contributed by atoms with E-state index in [2.05, 4.69) is 9.44 Å². The second-order valence-corrected chi connectivity index (χ2v) is 4.64. The zero-order valence-electron chi connectivity index (χ0n) is 9.00. The molecule has 0 saturated heterocycles. The molecule has 0 radical (unpaired) electrons. The molecule has 0 aliphatic rings. The average molecular weight is 260 g/mol. The number of carbonyl (C=O) groups is 1. The van der Waals surface area contributed by atoms with Crippen LogP contribution in [-0.4, -0.2) is 33.1 Å². The lowest BCUT2D eigenvalue weighted by atomic mass is 10.3. The summed E-state index contributed by atoms with van der Waals surface area (Å²) in [7, 11) is -2.26. The van der Waals surface area contributed by atoms with Crippen LogP contribution >= 0.6 is 0 Å². The number of nitrogens with one attached hydrogen (secondary N) is 2. The van der Waals surface area contributed by atoms with E-state index in [9.17, 15) is 13.2 Å². The van der Waals surface area contributed by atoms with Gasteiger partial charge < -0.3 is 9.84 Å². The Morgan fingerprint density at radius 3 is 2.41 bits per heavy atom. The second kappa shape index (κ2) is 5.51. The summed E-state index contributed by atoms with van der Waals surface area (Å²) in [6.45, 7) is -0.443. The van der Waals surface area contributed by atoms with Crippen molar-refractivity contribution < 1.29 is 23.1 Å². The van der Waals surface area contributed by atoms with Crippen LogP contribution < -0.4 is 14.2 Å². The molecule has 0 spiro atoms. The first-order chi connectivity index (χ1) is 7.93. The summed E-state index contributed by atoms with van der Waals surface area (Å²) in [5, 5.41) is 8.39. The highest BCUT2D eigenvalue weighted by molar-refractivity contribution is 7.90. The zero-order valence-corrected chi connectivity index (χ0v) is 9.82. The Balaban J connectivity index is 2.65. The number of aliphatic carboxylic acids is 1. The van der Waals surface area contributed by atoms with Crippen LogP contribution in [0.3, 0.4) is 0 Å². The molecule has 1 aromatic carbocycles. The zero-order chi connectivity index (χ0) is 12.9. The van der Waals surface area contributed by atoms with Gasteiger partial charge in [-0.15, -0.1) is 0 Å². The predicted octanol–water partition coefficient (Wildman–Crippen LogP) is 0.0261. The number of hydrogen-bond donors (Lipinski definition) is 3. The Morgan fingerprint density at radius 2 is 1.94 bits per heavy atom. The highest BCUT2D eigenvalue weighted by Gasteiger charge is 2.06. The van der Waals surface area contributed by atoms with Crippen LogP contribution in [-0.2, 0) is 15.0 Å². The van der Waals surface area contributed by atoms with Crippen LogP contribution in [0.25, 0.3) is 0 Å². The molecular weight excluding hydrogens is 248 g/mol. The van der Waals surface area contributed by atoms with Crippen molar-refractivity contribution >= 4 is 21.9 Å². The first-order valence-corrected chi connectivity index (χ1v) is 6.07. The van der Waals surface area contributed by atoms with Gasteiger partial charge in [0.05, 0.1) is 0 Å². The molecule has 0 fully saturated rings. The Labute approximate surface area is 98.6 Å². The lowest BCUT2D eigenvalue weighted by Gasteiger charge is -2.07. The summed E-state index contributed by atoms with van der Waals surface area (Å²) in [6, 6.07) is 5.87. The standard InChI is InChI=1S/C9H12N2O5S/c1-10-17(14,15)11-7-2-4-8(5-3-7)16-6-9(12)13/h2-5,10-11H,6H2,1H3,(H,12,13). The number of carboxylic acid groups (broad SMARTS) is 1. The van der Waals surface area contributed by atoms with E-state index in [0.29, 0.717) is 11.4 Å². The maximum absolute atomic E-state index is 11.1. The first kappa shape index (κ1) is 13.3. The molecule has 0 bridgehead atoms. The molecule has 1 aromatic rings. The van der Waals surface area contributed by atoms with Crippen LogP contribution in [0.1, 0.15) is 0 Å². The van der Waals surface area contributed by atoms with Crippen molar-refractivity contribution in [2.24, 2.45) is 0 Å². The molecule has 0 aliphatic carbocycles. The number of hydrogen-bond acceptors (Lipinski definition) is 4. The smallest absolute Gasteiger partial charge is 0.341 e. The predicted molar refractivity (Wildman–Crippen MR) is 61.2 cm³/mol. The van der Waals surface area contributed by atoms with Gasteiger partial charge in [0.2, 0.25) is 0 Å². The highest BCUT2D eigenvalue weighted by Crippen LogP contribution is 2.16. The van der Waals surface area contributed by atoms with Gasteiger partial charge in [-0.2, -0.15) is 8.42 Å². The number of carboxylic acids is 1. The monoisotopic (exact) mass is 260 g/mol. The SMILES string of the molecule is CNS(=O)(=O)Nc1ccc(OCC(=O)O)cc1. The summed E-state index contributed by atoms with van der Waals surface area (Å²) in [5.74, 6) is -0.732. The second-order valence-electron chi connectivity index (χ2n) is 3.02. The Hall–Kier alpha value is -1.80. The minimum absolute atomic E-state index is 0.347. The van der Waals surface area contributed by atoms with Gasteiger partial charge >= 0.3 is 5.97 Å². The largest absolute Gasteiger partial charge is 0.482 e. The minimum Gasteiger partial charge on any atom is -0.482 e. The van der Waals surface area contributed by atoms with Crippen LogP contribution in [0.4, 0.5) is 5.69 Å². The van der Waals surface area contributed by atoms with Gasteiger partial charge in [-0.25, -0.2) is 9.52 Å². The topological polar surface area (TPSA) is 105 Å². The van der Waals surface area contributed by atoms with Gasteiger partial charge in [-0.3, -0.25) is 4.72 Å². The fourth-order valence-electron chi connectivity index (χ4n) is 0.970. The van der Waals surface area contributed by atoms with Crippen LogP contribution in [0, 0.1) is 0 Å². The van der Waals surface area contributed by atoms with Crippen molar-refractivity contribution in [3.05, 3.63) is 24.3 Å². The summed E-state index contributed by atoms with van der Waals surface area (Å²) < 4.78 is 31.5. The van der Waals surface area contributed by atoms with E-state index < -0.39 is 22.8 Å². The summed E-state index contributed by atoms with van der Waals surface area (Å²) in [4.78, 5) is 10.2. The summed E-state index contributed by atoms with van der Waals surface area (Å²) >= 11 is 0. The lowest BCUT2D eigenvalue weighted by molar-refractivity contribution is -0.139. The molecule has 8 heteroatoms. The normalized spacial score (nSPS) is 10.9. The van der Waals surface area contributed by atoms with Crippen molar-refractivity contribution in [2.45, 2.75) is 0 Å². The van der Waals surface area contributed by atoms with Crippen molar-refractivity contribution in [2.75, 3.05) is 18.4 Å². The van der Waals surface area contributed by atoms with Crippen molar-refractivity contribution in [3.63, 3.8) is 0 Å². The van der Waals surface area contributed by atoms with Gasteiger partial charge in [0, 0.05) is 12.7 Å². The molecule has 0 aliphatic heterocycles. The van der Waals surface area contributed by atoms with Crippen LogP contribution in [0.2, 0.25) is 0 Å². The van der Waals surface area contributed by atoms with Gasteiger partial charge in [-0.05, 0) is 24.3 Å². The molecular formula is C9H12N2O5S. The third kappa shape index (κ3) is 4.70. The van der Waals surface area contributed by atoms with E-state index in [1.807, 2.05) is 0 Å². The molecule has 0 amide bonds. The molecule has 7 nitrogen and oxygen atoms in total. The van der Waals surface area contributed by atoms with Gasteiger partial charge in [0.1, 0.15) is 5.75 Å². The van der Waals surface area contributed by atoms with E-state index in [0.717, 1.165) is 0 Å². The maximum atomic E-state index is 11.1.